The molecule has 90 valence electrons. The Hall–Kier alpha value is -0.0800. The third-order valence-electron chi connectivity index (χ3n) is 3.64. The van der Waals surface area contributed by atoms with Crippen LogP contribution >= 0.6 is 0 Å². The number of aliphatic hydroxyl groups excluding tert-OH is 1. The molecule has 0 aromatic rings. The van der Waals surface area contributed by atoms with E-state index in [9.17, 15) is 0 Å². The van der Waals surface area contributed by atoms with Crippen LogP contribution in [0.1, 0.15) is 58.8 Å². The zero-order valence-corrected chi connectivity index (χ0v) is 10.3. The van der Waals surface area contributed by atoms with Gasteiger partial charge in [-0.3, -0.25) is 0 Å². The number of hydrogen-bond acceptors (Lipinski definition) is 2. The topological polar surface area (TPSA) is 32.3 Å². The average Bonchev–Trinajstić information content (AvgIpc) is 2.24. The zero-order valence-electron chi connectivity index (χ0n) is 10.3. The second kappa shape index (κ2) is 7.24. The fourth-order valence-corrected chi connectivity index (χ4v) is 2.65. The predicted molar refractivity (Wildman–Crippen MR) is 65.0 cm³/mol. The first-order chi connectivity index (χ1) is 7.24. The molecule has 1 rings (SSSR count). The van der Waals surface area contributed by atoms with E-state index in [4.69, 9.17) is 5.11 Å². The summed E-state index contributed by atoms with van der Waals surface area (Å²) in [5, 5.41) is 12.8. The van der Waals surface area contributed by atoms with Gasteiger partial charge in [-0.15, -0.1) is 0 Å². The standard InChI is InChI=1S/C13H27NO/c1-3-12-8-4-5-9-13(12)14-10-6-7-11(2)15/h11-15H,3-10H2,1-2H3. The molecule has 0 spiro atoms. The van der Waals surface area contributed by atoms with E-state index in [0.717, 1.165) is 31.3 Å². The second-order valence-electron chi connectivity index (χ2n) is 5.00. The Labute approximate surface area is 94.5 Å². The quantitative estimate of drug-likeness (QED) is 0.665. The smallest absolute Gasteiger partial charge is 0.0512 e. The van der Waals surface area contributed by atoms with E-state index in [1.807, 2.05) is 6.92 Å². The van der Waals surface area contributed by atoms with E-state index in [1.165, 1.54) is 32.1 Å². The summed E-state index contributed by atoms with van der Waals surface area (Å²) in [6.45, 7) is 5.25. The van der Waals surface area contributed by atoms with Crippen LogP contribution in [0.2, 0.25) is 0 Å². The maximum Gasteiger partial charge on any atom is 0.0512 e. The lowest BCUT2D eigenvalue weighted by Gasteiger charge is -2.31. The summed E-state index contributed by atoms with van der Waals surface area (Å²) in [4.78, 5) is 0. The molecule has 2 nitrogen and oxygen atoms in total. The van der Waals surface area contributed by atoms with E-state index in [0.29, 0.717) is 0 Å². The van der Waals surface area contributed by atoms with Crippen molar-refractivity contribution in [2.24, 2.45) is 5.92 Å². The maximum atomic E-state index is 9.16. The lowest BCUT2D eigenvalue weighted by atomic mass is 9.83. The Kier molecular flexibility index (Phi) is 6.26. The zero-order chi connectivity index (χ0) is 11.1. The molecule has 15 heavy (non-hydrogen) atoms. The van der Waals surface area contributed by atoms with Crippen molar-refractivity contribution < 1.29 is 5.11 Å². The van der Waals surface area contributed by atoms with Crippen molar-refractivity contribution in [2.75, 3.05) is 6.54 Å². The molecule has 0 aromatic heterocycles. The van der Waals surface area contributed by atoms with Gasteiger partial charge in [0.05, 0.1) is 6.10 Å². The Balaban J connectivity index is 2.12. The van der Waals surface area contributed by atoms with Crippen LogP contribution < -0.4 is 5.32 Å². The minimum atomic E-state index is -0.139. The molecule has 2 N–H and O–H groups in total. The van der Waals surface area contributed by atoms with Crippen molar-refractivity contribution in [1.82, 2.24) is 5.32 Å². The minimum Gasteiger partial charge on any atom is -0.393 e. The van der Waals surface area contributed by atoms with Gasteiger partial charge in [-0.25, -0.2) is 0 Å². The molecule has 0 heterocycles. The third kappa shape index (κ3) is 4.98. The fraction of sp³-hybridized carbons (Fsp3) is 1.00. The Morgan fingerprint density at radius 3 is 2.73 bits per heavy atom. The molecule has 0 amide bonds. The van der Waals surface area contributed by atoms with Crippen LogP contribution in [0.15, 0.2) is 0 Å². The SMILES string of the molecule is CCC1CCCCC1NCCCC(C)O. The number of nitrogens with one attached hydrogen (secondary N) is 1. The summed E-state index contributed by atoms with van der Waals surface area (Å²) in [7, 11) is 0. The van der Waals surface area contributed by atoms with Crippen LogP contribution in [0.4, 0.5) is 0 Å². The lowest BCUT2D eigenvalue weighted by molar-refractivity contribution is 0.178. The molecule has 3 unspecified atom stereocenters. The molecule has 1 fully saturated rings. The lowest BCUT2D eigenvalue weighted by Crippen LogP contribution is -2.38. The van der Waals surface area contributed by atoms with Gasteiger partial charge in [0.1, 0.15) is 0 Å². The van der Waals surface area contributed by atoms with E-state index < -0.39 is 0 Å². The van der Waals surface area contributed by atoms with Gasteiger partial charge < -0.3 is 10.4 Å². The largest absolute Gasteiger partial charge is 0.393 e. The molecular formula is C13H27NO. The van der Waals surface area contributed by atoms with Gasteiger partial charge in [0.15, 0.2) is 0 Å². The molecule has 0 aromatic carbocycles. The Morgan fingerprint density at radius 1 is 1.33 bits per heavy atom. The molecule has 3 atom stereocenters. The summed E-state index contributed by atoms with van der Waals surface area (Å²) in [6, 6.07) is 0.748. The van der Waals surface area contributed by atoms with Gasteiger partial charge in [0.2, 0.25) is 0 Å². The number of rotatable bonds is 6. The van der Waals surface area contributed by atoms with E-state index in [-0.39, 0.29) is 6.10 Å². The van der Waals surface area contributed by atoms with E-state index >= 15 is 0 Å². The van der Waals surface area contributed by atoms with E-state index in [2.05, 4.69) is 12.2 Å². The van der Waals surface area contributed by atoms with Crippen molar-refractivity contribution in [3.05, 3.63) is 0 Å². The molecule has 1 aliphatic carbocycles. The molecule has 0 bridgehead atoms. The Morgan fingerprint density at radius 2 is 2.07 bits per heavy atom. The molecular weight excluding hydrogens is 186 g/mol. The van der Waals surface area contributed by atoms with Gasteiger partial charge in [-0.05, 0) is 45.1 Å². The van der Waals surface area contributed by atoms with Gasteiger partial charge >= 0.3 is 0 Å². The molecule has 0 aliphatic heterocycles. The normalized spacial score (nSPS) is 29.0. The summed E-state index contributed by atoms with van der Waals surface area (Å²) in [5.74, 6) is 0.894. The third-order valence-corrected chi connectivity index (χ3v) is 3.64. The van der Waals surface area contributed by atoms with Crippen LogP contribution in [-0.2, 0) is 0 Å². The van der Waals surface area contributed by atoms with E-state index in [1.54, 1.807) is 0 Å². The molecule has 2 heteroatoms. The van der Waals surface area contributed by atoms with Crippen LogP contribution in [0.3, 0.4) is 0 Å². The highest BCUT2D eigenvalue weighted by atomic mass is 16.3. The molecule has 0 radical (unpaired) electrons. The first-order valence-corrected chi connectivity index (χ1v) is 6.65. The van der Waals surface area contributed by atoms with Crippen molar-refractivity contribution in [3.8, 4) is 0 Å². The van der Waals surface area contributed by atoms with Crippen molar-refractivity contribution >= 4 is 0 Å². The fourth-order valence-electron chi connectivity index (χ4n) is 2.65. The van der Waals surface area contributed by atoms with Crippen molar-refractivity contribution in [2.45, 2.75) is 70.9 Å². The first-order valence-electron chi connectivity index (χ1n) is 6.65. The highest BCUT2D eigenvalue weighted by Gasteiger charge is 2.22. The van der Waals surface area contributed by atoms with Crippen molar-refractivity contribution in [1.29, 1.82) is 0 Å². The number of hydrogen-bond donors (Lipinski definition) is 2. The van der Waals surface area contributed by atoms with Crippen LogP contribution in [0, 0.1) is 5.92 Å². The van der Waals surface area contributed by atoms with Crippen LogP contribution in [0.25, 0.3) is 0 Å². The maximum absolute atomic E-state index is 9.16. The highest BCUT2D eigenvalue weighted by molar-refractivity contribution is 4.79. The van der Waals surface area contributed by atoms with Crippen LogP contribution in [0.5, 0.6) is 0 Å². The summed E-state index contributed by atoms with van der Waals surface area (Å²) >= 11 is 0. The van der Waals surface area contributed by atoms with Gasteiger partial charge in [-0.1, -0.05) is 26.2 Å². The van der Waals surface area contributed by atoms with Gasteiger partial charge in [-0.2, -0.15) is 0 Å². The van der Waals surface area contributed by atoms with Crippen LogP contribution in [-0.4, -0.2) is 23.8 Å². The van der Waals surface area contributed by atoms with Gasteiger partial charge in [0, 0.05) is 6.04 Å². The monoisotopic (exact) mass is 213 g/mol. The Bertz CT molecular complexity index is 159. The molecule has 0 saturated heterocycles. The minimum absolute atomic E-state index is 0.139. The summed E-state index contributed by atoms with van der Waals surface area (Å²) < 4.78 is 0. The van der Waals surface area contributed by atoms with Gasteiger partial charge in [0.25, 0.3) is 0 Å². The second-order valence-corrected chi connectivity index (χ2v) is 5.00. The molecule has 1 saturated carbocycles. The van der Waals surface area contributed by atoms with Crippen molar-refractivity contribution in [3.63, 3.8) is 0 Å². The summed E-state index contributed by atoms with van der Waals surface area (Å²) in [5.41, 5.74) is 0. The summed E-state index contributed by atoms with van der Waals surface area (Å²) in [6.07, 6.45) is 8.78. The molecule has 1 aliphatic rings. The average molecular weight is 213 g/mol. The predicted octanol–water partition coefficient (Wildman–Crippen LogP) is 2.71. The number of aliphatic hydroxyl groups is 1. The highest BCUT2D eigenvalue weighted by Crippen LogP contribution is 2.26. The first kappa shape index (κ1) is 13.0.